The van der Waals surface area contributed by atoms with Gasteiger partial charge in [-0.15, -0.1) is 0 Å². The van der Waals surface area contributed by atoms with Crippen molar-refractivity contribution < 1.29 is 19.1 Å². The third kappa shape index (κ3) is 7.26. The second-order valence-corrected chi connectivity index (χ2v) is 8.76. The van der Waals surface area contributed by atoms with Gasteiger partial charge in [0.25, 0.3) is 0 Å². The first kappa shape index (κ1) is 27.9. The largest absolute Gasteiger partial charge is 0.467 e. The van der Waals surface area contributed by atoms with Gasteiger partial charge in [0.1, 0.15) is 5.70 Å². The molecular weight excluding hydrogens is 500 g/mol. The minimum absolute atomic E-state index is 0.0651. The molecule has 0 fully saturated rings. The molecule has 4 aromatic rings. The van der Waals surface area contributed by atoms with Crippen LogP contribution in [-0.2, 0) is 19.1 Å². The highest BCUT2D eigenvalue weighted by atomic mass is 16.5. The zero-order valence-corrected chi connectivity index (χ0v) is 22.4. The van der Waals surface area contributed by atoms with Gasteiger partial charge in [-0.05, 0) is 6.08 Å². The number of carbonyl (C=O) groups is 2. The van der Waals surface area contributed by atoms with Gasteiger partial charge in [-0.2, -0.15) is 0 Å². The van der Waals surface area contributed by atoms with Crippen molar-refractivity contribution in [2.75, 3.05) is 14.2 Å². The summed E-state index contributed by atoms with van der Waals surface area (Å²) in [4.78, 5) is 35.4. The lowest BCUT2D eigenvalue weighted by atomic mass is 10.0. The van der Waals surface area contributed by atoms with Crippen molar-refractivity contribution in [2.24, 2.45) is 9.98 Å². The molecule has 0 aromatic heterocycles. The quantitative estimate of drug-likeness (QED) is 0.142. The maximum absolute atomic E-state index is 12.9. The van der Waals surface area contributed by atoms with Crippen LogP contribution in [0.25, 0.3) is 0 Å². The number of esters is 2. The van der Waals surface area contributed by atoms with Crippen molar-refractivity contribution >= 4 is 23.4 Å². The van der Waals surface area contributed by atoms with Gasteiger partial charge in [-0.25, -0.2) is 14.6 Å². The van der Waals surface area contributed by atoms with E-state index in [1.165, 1.54) is 14.2 Å². The van der Waals surface area contributed by atoms with E-state index in [0.717, 1.165) is 22.3 Å². The molecule has 1 unspecified atom stereocenters. The molecule has 6 nitrogen and oxygen atoms in total. The van der Waals surface area contributed by atoms with Gasteiger partial charge in [0.15, 0.2) is 6.04 Å². The molecule has 0 aliphatic heterocycles. The van der Waals surface area contributed by atoms with Crippen molar-refractivity contribution in [3.8, 4) is 0 Å². The highest BCUT2D eigenvalue weighted by molar-refractivity contribution is 6.15. The van der Waals surface area contributed by atoms with Crippen LogP contribution in [0.5, 0.6) is 0 Å². The minimum Gasteiger partial charge on any atom is -0.467 e. The standard InChI is InChI=1S/C34H30N2O4/c1-39-33(37)29(35-31(25-15-7-3-8-16-25)26-17-9-4-10-18-26)23-24-30(34(38)40-2)36-32(27-19-11-5-12-20-27)28-21-13-6-14-22-28/h3-23,30H,24H2,1-2H3/b29-23-. The van der Waals surface area contributed by atoms with Crippen molar-refractivity contribution in [1.82, 2.24) is 0 Å². The second kappa shape index (κ2) is 14.2. The van der Waals surface area contributed by atoms with Crippen LogP contribution < -0.4 is 0 Å². The van der Waals surface area contributed by atoms with Crippen LogP contribution in [0.4, 0.5) is 0 Å². The summed E-state index contributed by atoms with van der Waals surface area (Å²) in [5.41, 5.74) is 4.69. The second-order valence-electron chi connectivity index (χ2n) is 8.76. The fraction of sp³-hybridized carbons (Fsp3) is 0.118. The minimum atomic E-state index is -0.924. The van der Waals surface area contributed by atoms with Crippen molar-refractivity contribution in [2.45, 2.75) is 12.5 Å². The fourth-order valence-corrected chi connectivity index (χ4v) is 4.11. The Morgan fingerprint density at radius 1 is 0.625 bits per heavy atom. The van der Waals surface area contributed by atoms with E-state index in [-0.39, 0.29) is 12.1 Å². The van der Waals surface area contributed by atoms with E-state index < -0.39 is 18.0 Å². The average Bonchev–Trinajstić information content (AvgIpc) is 3.03. The van der Waals surface area contributed by atoms with Gasteiger partial charge in [0.2, 0.25) is 0 Å². The van der Waals surface area contributed by atoms with Gasteiger partial charge in [0.05, 0.1) is 25.6 Å². The van der Waals surface area contributed by atoms with Crippen molar-refractivity contribution in [1.29, 1.82) is 0 Å². The molecule has 0 amide bonds. The Bertz CT molecular complexity index is 1410. The first-order valence-corrected chi connectivity index (χ1v) is 12.8. The molecule has 40 heavy (non-hydrogen) atoms. The lowest BCUT2D eigenvalue weighted by molar-refractivity contribution is -0.142. The Morgan fingerprint density at radius 2 is 1.02 bits per heavy atom. The molecule has 0 aliphatic carbocycles. The van der Waals surface area contributed by atoms with Crippen LogP contribution in [0.2, 0.25) is 0 Å². The summed E-state index contributed by atoms with van der Waals surface area (Å²) in [5, 5.41) is 0. The topological polar surface area (TPSA) is 77.3 Å². The molecule has 0 aliphatic rings. The Labute approximate surface area is 234 Å². The molecule has 0 radical (unpaired) electrons. The summed E-state index contributed by atoms with van der Waals surface area (Å²) < 4.78 is 10.2. The summed E-state index contributed by atoms with van der Waals surface area (Å²) in [6, 6.07) is 37.5. The van der Waals surface area contributed by atoms with Gasteiger partial charge in [0, 0.05) is 28.7 Å². The molecule has 4 aromatic carbocycles. The van der Waals surface area contributed by atoms with Crippen molar-refractivity contribution in [3.05, 3.63) is 155 Å². The Morgan fingerprint density at radius 3 is 1.40 bits per heavy atom. The summed E-state index contributed by atoms with van der Waals surface area (Å²) in [5.74, 6) is -1.15. The van der Waals surface area contributed by atoms with Gasteiger partial charge in [-0.1, -0.05) is 121 Å². The Kier molecular flexibility index (Phi) is 9.89. The molecule has 0 N–H and O–H groups in total. The van der Waals surface area contributed by atoms with E-state index >= 15 is 0 Å². The molecule has 0 saturated heterocycles. The molecular formula is C34H30N2O4. The van der Waals surface area contributed by atoms with Crippen LogP contribution in [-0.4, -0.2) is 43.6 Å². The SMILES string of the molecule is COC(=O)/C(=C/CC(N=C(c1ccccc1)c1ccccc1)C(=O)OC)N=C(c1ccccc1)c1ccccc1. The molecule has 0 bridgehead atoms. The molecule has 0 heterocycles. The maximum atomic E-state index is 12.9. The summed E-state index contributed by atoms with van der Waals surface area (Å²) in [6.45, 7) is 0. The number of rotatable bonds is 10. The van der Waals surface area contributed by atoms with Crippen molar-refractivity contribution in [3.63, 3.8) is 0 Å². The maximum Gasteiger partial charge on any atom is 0.356 e. The number of hydrogen-bond acceptors (Lipinski definition) is 6. The van der Waals surface area contributed by atoms with Crippen LogP contribution in [0.15, 0.2) is 143 Å². The molecule has 4 rings (SSSR count). The van der Waals surface area contributed by atoms with E-state index in [4.69, 9.17) is 19.5 Å². The first-order chi connectivity index (χ1) is 19.6. The van der Waals surface area contributed by atoms with E-state index in [1.807, 2.05) is 121 Å². The Balaban J connectivity index is 1.79. The van der Waals surface area contributed by atoms with Crippen LogP contribution in [0.1, 0.15) is 28.7 Å². The fourth-order valence-electron chi connectivity index (χ4n) is 4.11. The summed E-state index contributed by atoms with van der Waals surface area (Å²) in [7, 11) is 2.62. The average molecular weight is 531 g/mol. The molecule has 200 valence electrons. The highest BCUT2D eigenvalue weighted by Crippen LogP contribution is 2.18. The lowest BCUT2D eigenvalue weighted by Crippen LogP contribution is -2.22. The predicted octanol–water partition coefficient (Wildman–Crippen LogP) is 6.05. The third-order valence-corrected chi connectivity index (χ3v) is 6.11. The summed E-state index contributed by atoms with van der Waals surface area (Å²) >= 11 is 0. The van der Waals surface area contributed by atoms with E-state index in [9.17, 15) is 9.59 Å². The van der Waals surface area contributed by atoms with E-state index in [0.29, 0.717) is 11.4 Å². The van der Waals surface area contributed by atoms with Crippen LogP contribution in [0.3, 0.4) is 0 Å². The molecule has 0 spiro atoms. The highest BCUT2D eigenvalue weighted by Gasteiger charge is 2.21. The molecule has 6 heteroatoms. The number of hydrogen-bond donors (Lipinski definition) is 0. The smallest absolute Gasteiger partial charge is 0.356 e. The number of methoxy groups -OCH3 is 2. The number of carbonyl (C=O) groups excluding carboxylic acids is 2. The van der Waals surface area contributed by atoms with Gasteiger partial charge >= 0.3 is 11.9 Å². The summed E-state index contributed by atoms with van der Waals surface area (Å²) in [6.07, 6.45) is 1.65. The normalized spacial score (nSPS) is 11.6. The molecule has 1 atom stereocenters. The van der Waals surface area contributed by atoms with E-state index in [1.54, 1.807) is 6.08 Å². The zero-order chi connectivity index (χ0) is 28.2. The van der Waals surface area contributed by atoms with Crippen LogP contribution in [0, 0.1) is 0 Å². The third-order valence-electron chi connectivity index (χ3n) is 6.11. The lowest BCUT2D eigenvalue weighted by Gasteiger charge is -2.14. The Hall–Kier alpha value is -5.10. The number of aliphatic imine (C=N–C) groups is 2. The first-order valence-electron chi connectivity index (χ1n) is 12.8. The number of nitrogens with zero attached hydrogens (tertiary/aromatic N) is 2. The molecule has 0 saturated carbocycles. The van der Waals surface area contributed by atoms with Gasteiger partial charge < -0.3 is 9.47 Å². The monoisotopic (exact) mass is 530 g/mol. The van der Waals surface area contributed by atoms with E-state index in [2.05, 4.69) is 0 Å². The predicted molar refractivity (Wildman–Crippen MR) is 158 cm³/mol. The van der Waals surface area contributed by atoms with Crippen LogP contribution >= 0.6 is 0 Å². The zero-order valence-electron chi connectivity index (χ0n) is 22.4. The van der Waals surface area contributed by atoms with Gasteiger partial charge in [-0.3, -0.25) is 4.99 Å². The number of benzene rings is 4. The number of ether oxygens (including phenoxy) is 2.